The van der Waals surface area contributed by atoms with E-state index in [0.29, 0.717) is 6.42 Å². The van der Waals surface area contributed by atoms with Gasteiger partial charge >= 0.3 is 5.97 Å². The number of aliphatic carboxylic acids is 1. The minimum atomic E-state index is -1.03. The molecule has 0 rings (SSSR count). The Labute approximate surface area is 109 Å². The van der Waals surface area contributed by atoms with Crippen LogP contribution in [-0.2, 0) is 4.79 Å². The highest BCUT2D eigenvalue weighted by Crippen LogP contribution is 2.39. The van der Waals surface area contributed by atoms with Gasteiger partial charge in [-0.25, -0.2) is 0 Å². The molecule has 0 radical (unpaired) electrons. The van der Waals surface area contributed by atoms with E-state index >= 15 is 0 Å². The van der Waals surface area contributed by atoms with Crippen LogP contribution >= 0.6 is 21.6 Å². The van der Waals surface area contributed by atoms with E-state index in [-0.39, 0.29) is 16.5 Å². The Morgan fingerprint density at radius 2 is 2.18 bits per heavy atom. The average molecular weight is 278 g/mol. The van der Waals surface area contributed by atoms with Gasteiger partial charge in [0.1, 0.15) is 6.04 Å². The lowest BCUT2D eigenvalue weighted by Gasteiger charge is -2.22. The number of hydrogen-bond acceptors (Lipinski definition) is 5. The zero-order valence-electron chi connectivity index (χ0n) is 10.2. The van der Waals surface area contributed by atoms with Gasteiger partial charge in [-0.3, -0.25) is 4.79 Å². The molecule has 0 saturated heterocycles. The minimum absolute atomic E-state index is 0.0621. The molecule has 0 spiro atoms. The van der Waals surface area contributed by atoms with Crippen molar-refractivity contribution >= 4 is 27.6 Å². The smallest absolute Gasteiger partial charge is 0.320 e. The minimum Gasteiger partial charge on any atom is -0.480 e. The van der Waals surface area contributed by atoms with Crippen molar-refractivity contribution in [3.05, 3.63) is 10.4 Å². The van der Waals surface area contributed by atoms with Crippen LogP contribution in [0, 0.1) is 0 Å². The molecular formula is C9H18N4O2S2. The van der Waals surface area contributed by atoms with Crippen molar-refractivity contribution in [3.63, 3.8) is 0 Å². The van der Waals surface area contributed by atoms with E-state index < -0.39 is 12.0 Å². The summed E-state index contributed by atoms with van der Waals surface area (Å²) in [7, 11) is 3.15. The Bertz CT molecular complexity index is 300. The fourth-order valence-corrected chi connectivity index (χ4v) is 3.40. The summed E-state index contributed by atoms with van der Waals surface area (Å²) in [6.45, 7) is 6.44. The van der Waals surface area contributed by atoms with Crippen molar-refractivity contribution < 1.29 is 9.90 Å². The third kappa shape index (κ3) is 9.17. The van der Waals surface area contributed by atoms with Crippen LogP contribution < -0.4 is 5.73 Å². The van der Waals surface area contributed by atoms with Crippen molar-refractivity contribution in [2.75, 3.05) is 6.54 Å². The molecule has 0 aromatic rings. The van der Waals surface area contributed by atoms with E-state index in [9.17, 15) is 4.79 Å². The summed E-state index contributed by atoms with van der Waals surface area (Å²) >= 11 is 0. The molecule has 1 unspecified atom stereocenters. The summed E-state index contributed by atoms with van der Waals surface area (Å²) < 4.78 is 0.0621. The van der Waals surface area contributed by atoms with Gasteiger partial charge in [-0.05, 0) is 12.0 Å². The van der Waals surface area contributed by atoms with Crippen LogP contribution in [-0.4, -0.2) is 33.7 Å². The zero-order chi connectivity index (χ0) is 13.5. The molecule has 0 aliphatic carbocycles. The van der Waals surface area contributed by atoms with E-state index in [4.69, 9.17) is 16.4 Å². The summed E-state index contributed by atoms with van der Waals surface area (Å²) in [5, 5.41) is 12.1. The average Bonchev–Trinajstić information content (AvgIpc) is 2.20. The van der Waals surface area contributed by atoms with Crippen molar-refractivity contribution in [3.8, 4) is 0 Å². The number of carboxylic acids is 1. The van der Waals surface area contributed by atoms with Crippen LogP contribution in [0.25, 0.3) is 10.4 Å². The molecular weight excluding hydrogens is 260 g/mol. The number of hydrogen-bond donors (Lipinski definition) is 2. The lowest BCUT2D eigenvalue weighted by atomic mass is 10.2. The number of carbonyl (C=O) groups is 1. The maximum Gasteiger partial charge on any atom is 0.320 e. The number of nitrogens with zero attached hydrogens (tertiary/aromatic N) is 3. The molecule has 0 saturated carbocycles. The fraction of sp³-hybridized carbons (Fsp3) is 0.889. The van der Waals surface area contributed by atoms with E-state index in [1.165, 1.54) is 10.8 Å². The highest BCUT2D eigenvalue weighted by molar-refractivity contribution is 8.77. The van der Waals surface area contributed by atoms with Gasteiger partial charge < -0.3 is 10.8 Å². The first-order valence-corrected chi connectivity index (χ1v) is 7.31. The Hall–Kier alpha value is -0.560. The van der Waals surface area contributed by atoms with E-state index in [1.807, 2.05) is 0 Å². The molecule has 0 aliphatic rings. The second-order valence-electron chi connectivity index (χ2n) is 4.51. The van der Waals surface area contributed by atoms with Gasteiger partial charge in [-0.15, -0.1) is 0 Å². The largest absolute Gasteiger partial charge is 0.480 e. The highest BCUT2D eigenvalue weighted by atomic mass is 33.1. The first-order valence-electron chi connectivity index (χ1n) is 5.10. The van der Waals surface area contributed by atoms with E-state index in [0.717, 1.165) is 0 Å². The zero-order valence-corrected chi connectivity index (χ0v) is 11.8. The normalized spacial score (nSPS) is 14.8. The molecule has 0 aliphatic heterocycles. The van der Waals surface area contributed by atoms with Crippen LogP contribution in [0.3, 0.4) is 0 Å². The first kappa shape index (κ1) is 16.4. The highest BCUT2D eigenvalue weighted by Gasteiger charge is 2.21. The summed E-state index contributed by atoms with van der Waals surface area (Å²) in [6, 6.07) is -0.915. The molecule has 0 fully saturated rings. The van der Waals surface area contributed by atoms with Gasteiger partial charge in [0.05, 0.1) is 0 Å². The molecule has 0 heterocycles. The molecule has 0 aromatic heterocycles. The maximum atomic E-state index is 10.7. The summed E-state index contributed by atoms with van der Waals surface area (Å²) in [5.41, 5.74) is 13.8. The van der Waals surface area contributed by atoms with Crippen LogP contribution in [0.2, 0.25) is 0 Å². The molecule has 0 amide bonds. The summed E-state index contributed by atoms with van der Waals surface area (Å²) in [4.78, 5) is 13.4. The molecule has 0 bridgehead atoms. The van der Waals surface area contributed by atoms with Gasteiger partial charge in [0.25, 0.3) is 0 Å². The molecule has 8 heteroatoms. The first-order chi connectivity index (χ1) is 7.76. The van der Waals surface area contributed by atoms with Crippen molar-refractivity contribution in [2.24, 2.45) is 10.8 Å². The monoisotopic (exact) mass is 278 g/mol. The van der Waals surface area contributed by atoms with E-state index in [1.54, 1.807) is 10.8 Å². The molecule has 2 atom stereocenters. The maximum absolute atomic E-state index is 10.7. The van der Waals surface area contributed by atoms with Crippen LogP contribution in [0.4, 0.5) is 0 Å². The Balaban J connectivity index is 4.32. The predicted molar refractivity (Wildman–Crippen MR) is 73.0 cm³/mol. The second-order valence-corrected chi connectivity index (χ2v) is 7.84. The molecule has 17 heavy (non-hydrogen) atoms. The standard InChI is InChI=1S/C9H18N4O2S2/c1-9(2,3)17-16-6(5-12-13-11)4-7(10)8(14)15/h6-7H,4-5,10H2,1-3H3,(H,14,15)/t6-,7?/m0/s1. The van der Waals surface area contributed by atoms with Crippen LogP contribution in [0.1, 0.15) is 27.2 Å². The van der Waals surface area contributed by atoms with Crippen LogP contribution in [0.15, 0.2) is 5.11 Å². The fourth-order valence-electron chi connectivity index (χ4n) is 0.868. The Morgan fingerprint density at radius 3 is 2.59 bits per heavy atom. The quantitative estimate of drug-likeness (QED) is 0.322. The molecule has 3 N–H and O–H groups in total. The molecule has 6 nitrogen and oxygen atoms in total. The van der Waals surface area contributed by atoms with Crippen molar-refractivity contribution in [1.29, 1.82) is 0 Å². The third-order valence-electron chi connectivity index (χ3n) is 1.62. The Morgan fingerprint density at radius 1 is 1.59 bits per heavy atom. The van der Waals surface area contributed by atoms with Gasteiger partial charge in [-0.2, -0.15) is 0 Å². The lowest BCUT2D eigenvalue weighted by molar-refractivity contribution is -0.138. The van der Waals surface area contributed by atoms with Gasteiger partial charge in [0, 0.05) is 21.5 Å². The van der Waals surface area contributed by atoms with Gasteiger partial charge in [0.2, 0.25) is 0 Å². The van der Waals surface area contributed by atoms with Crippen LogP contribution in [0.5, 0.6) is 0 Å². The van der Waals surface area contributed by atoms with E-state index in [2.05, 4.69) is 30.8 Å². The third-order valence-corrected chi connectivity index (χ3v) is 5.43. The second kappa shape index (κ2) is 7.71. The predicted octanol–water partition coefficient (Wildman–Crippen LogP) is 2.65. The lowest BCUT2D eigenvalue weighted by Crippen LogP contribution is -2.33. The number of rotatable bonds is 7. The van der Waals surface area contributed by atoms with Crippen molar-refractivity contribution in [1.82, 2.24) is 0 Å². The SMILES string of the molecule is CC(C)(C)SS[C@H](CN=[N+]=[N-])CC(N)C(=O)O. The van der Waals surface area contributed by atoms with Gasteiger partial charge in [-0.1, -0.05) is 47.5 Å². The molecule has 98 valence electrons. The summed E-state index contributed by atoms with van der Waals surface area (Å²) in [5.74, 6) is -1.03. The number of carboxylic acid groups (broad SMARTS) is 1. The number of azide groups is 1. The van der Waals surface area contributed by atoms with Crippen molar-refractivity contribution in [2.45, 2.75) is 43.2 Å². The summed E-state index contributed by atoms with van der Waals surface area (Å²) in [6.07, 6.45) is 0.294. The molecule has 0 aromatic carbocycles. The van der Waals surface area contributed by atoms with Gasteiger partial charge in [0.15, 0.2) is 0 Å². The topological polar surface area (TPSA) is 112 Å². The number of nitrogens with two attached hydrogens (primary N) is 1. The Kier molecular flexibility index (Phi) is 7.45.